The number of carbonyl (C=O) groups excluding carboxylic acids is 2. The number of nitrogens with two attached hydrogens (primary N) is 1. The predicted octanol–water partition coefficient (Wildman–Crippen LogP) is 3.98. The van der Waals surface area contributed by atoms with Crippen molar-refractivity contribution in [3.63, 3.8) is 0 Å². The summed E-state index contributed by atoms with van der Waals surface area (Å²) in [5, 5.41) is 2.76. The van der Waals surface area contributed by atoms with Crippen LogP contribution in [0.3, 0.4) is 0 Å². The van der Waals surface area contributed by atoms with Gasteiger partial charge in [0, 0.05) is 27.8 Å². The molecular formula is C19H19N3O2S. The highest BCUT2D eigenvalue weighted by atomic mass is 32.1. The lowest BCUT2D eigenvalue weighted by atomic mass is 10.0. The van der Waals surface area contributed by atoms with Crippen LogP contribution >= 0.6 is 11.3 Å². The lowest BCUT2D eigenvalue weighted by Gasteiger charge is -2.01. The molecule has 0 saturated carbocycles. The number of hydrogen-bond acceptors (Lipinski definition) is 4. The van der Waals surface area contributed by atoms with Gasteiger partial charge in [-0.1, -0.05) is 19.1 Å². The van der Waals surface area contributed by atoms with E-state index in [1.165, 1.54) is 11.3 Å². The lowest BCUT2D eigenvalue weighted by Crippen LogP contribution is -2.10. The van der Waals surface area contributed by atoms with Crippen LogP contribution in [0.25, 0.3) is 22.0 Å². The maximum atomic E-state index is 11.9. The second-order valence-electron chi connectivity index (χ2n) is 5.87. The van der Waals surface area contributed by atoms with Gasteiger partial charge in [-0.25, -0.2) is 4.98 Å². The highest BCUT2D eigenvalue weighted by Gasteiger charge is 2.20. The van der Waals surface area contributed by atoms with E-state index in [0.29, 0.717) is 5.56 Å². The molecular weight excluding hydrogens is 334 g/mol. The second kappa shape index (κ2) is 6.64. The van der Waals surface area contributed by atoms with E-state index in [9.17, 15) is 9.59 Å². The van der Waals surface area contributed by atoms with E-state index < -0.39 is 5.91 Å². The molecule has 0 atom stereocenters. The van der Waals surface area contributed by atoms with Crippen molar-refractivity contribution < 1.29 is 9.59 Å². The Bertz CT molecular complexity index is 969. The number of aromatic nitrogens is 2. The Morgan fingerprint density at radius 3 is 2.72 bits per heavy atom. The molecule has 5 nitrogen and oxygen atoms in total. The van der Waals surface area contributed by atoms with Gasteiger partial charge in [-0.15, -0.1) is 11.3 Å². The molecule has 0 bridgehead atoms. The summed E-state index contributed by atoms with van der Waals surface area (Å²) in [6.45, 7) is 5.52. The van der Waals surface area contributed by atoms with Crippen LogP contribution in [0.4, 0.5) is 0 Å². The Balaban J connectivity index is 2.06. The van der Waals surface area contributed by atoms with E-state index in [0.717, 1.165) is 45.2 Å². The van der Waals surface area contributed by atoms with E-state index in [1.54, 1.807) is 25.1 Å². The summed E-state index contributed by atoms with van der Waals surface area (Å²) in [4.78, 5) is 31.3. The maximum Gasteiger partial charge on any atom is 0.248 e. The minimum absolute atomic E-state index is 0.0569. The van der Waals surface area contributed by atoms with Gasteiger partial charge in [-0.05, 0) is 38.0 Å². The Labute approximate surface area is 149 Å². The summed E-state index contributed by atoms with van der Waals surface area (Å²) >= 11 is 1.49. The number of nitrogens with zero attached hydrogens (tertiary/aromatic N) is 1. The highest BCUT2D eigenvalue weighted by molar-refractivity contribution is 7.13. The molecule has 6 heteroatoms. The number of carbonyl (C=O) groups is 2. The SMILES string of the molecule is CCc1c(-c2csc(-c3cccc(C(N)=O)c3)n2)[nH]c(C)c1C(C)=O. The van der Waals surface area contributed by atoms with Crippen molar-refractivity contribution in [1.29, 1.82) is 0 Å². The molecule has 3 aromatic rings. The maximum absolute atomic E-state index is 11.9. The van der Waals surface area contributed by atoms with Gasteiger partial charge >= 0.3 is 0 Å². The van der Waals surface area contributed by atoms with Crippen LogP contribution in [0.1, 0.15) is 45.8 Å². The number of Topliss-reactive ketones (excluding diaryl/α,β-unsaturated/α-hetero) is 1. The van der Waals surface area contributed by atoms with Gasteiger partial charge < -0.3 is 10.7 Å². The molecule has 0 radical (unpaired) electrons. The number of benzene rings is 1. The van der Waals surface area contributed by atoms with Crippen LogP contribution in [0.15, 0.2) is 29.6 Å². The zero-order valence-electron chi connectivity index (χ0n) is 14.3. The second-order valence-corrected chi connectivity index (χ2v) is 6.73. The van der Waals surface area contributed by atoms with Crippen molar-refractivity contribution in [1.82, 2.24) is 9.97 Å². The normalized spacial score (nSPS) is 10.8. The average molecular weight is 353 g/mol. The fourth-order valence-corrected chi connectivity index (χ4v) is 3.86. The third-order valence-corrected chi connectivity index (χ3v) is 5.04. The van der Waals surface area contributed by atoms with E-state index in [2.05, 4.69) is 4.98 Å². The smallest absolute Gasteiger partial charge is 0.248 e. The van der Waals surface area contributed by atoms with Crippen molar-refractivity contribution in [3.8, 4) is 22.0 Å². The molecule has 0 aliphatic heterocycles. The Kier molecular flexibility index (Phi) is 4.55. The Morgan fingerprint density at radius 2 is 2.08 bits per heavy atom. The number of rotatable bonds is 5. The first kappa shape index (κ1) is 17.1. The largest absolute Gasteiger partial charge is 0.366 e. The van der Waals surface area contributed by atoms with Gasteiger partial charge in [0.2, 0.25) is 5.91 Å². The molecule has 0 aliphatic carbocycles. The van der Waals surface area contributed by atoms with Crippen LogP contribution in [-0.4, -0.2) is 21.7 Å². The van der Waals surface area contributed by atoms with Crippen molar-refractivity contribution in [3.05, 3.63) is 52.0 Å². The van der Waals surface area contributed by atoms with Crippen LogP contribution in [0, 0.1) is 6.92 Å². The average Bonchev–Trinajstić information content (AvgIpc) is 3.18. The number of nitrogens with one attached hydrogen (secondary N) is 1. The Hall–Kier alpha value is -2.73. The number of ketones is 1. The van der Waals surface area contributed by atoms with Gasteiger partial charge in [0.15, 0.2) is 5.78 Å². The molecule has 2 aromatic heterocycles. The number of aryl methyl sites for hydroxylation is 1. The van der Waals surface area contributed by atoms with E-state index >= 15 is 0 Å². The highest BCUT2D eigenvalue weighted by Crippen LogP contribution is 2.33. The number of hydrogen-bond donors (Lipinski definition) is 2. The topological polar surface area (TPSA) is 88.8 Å². The van der Waals surface area contributed by atoms with Gasteiger partial charge in [0.1, 0.15) is 5.01 Å². The summed E-state index contributed by atoms with van der Waals surface area (Å²) in [6, 6.07) is 7.12. The molecule has 0 spiro atoms. The summed E-state index contributed by atoms with van der Waals surface area (Å²) in [7, 11) is 0. The third kappa shape index (κ3) is 3.13. The van der Waals surface area contributed by atoms with Crippen LogP contribution in [0.5, 0.6) is 0 Å². The molecule has 1 aromatic carbocycles. The minimum Gasteiger partial charge on any atom is -0.366 e. The summed E-state index contributed by atoms with van der Waals surface area (Å²) in [5.74, 6) is -0.403. The number of H-pyrrole nitrogens is 1. The van der Waals surface area contributed by atoms with Gasteiger partial charge in [0.25, 0.3) is 0 Å². The monoisotopic (exact) mass is 353 g/mol. The van der Waals surface area contributed by atoms with Crippen LogP contribution in [-0.2, 0) is 6.42 Å². The molecule has 1 amide bonds. The van der Waals surface area contributed by atoms with Crippen LogP contribution < -0.4 is 5.73 Å². The van der Waals surface area contributed by atoms with E-state index in [4.69, 9.17) is 10.7 Å². The molecule has 2 heterocycles. The molecule has 3 rings (SSSR count). The molecule has 25 heavy (non-hydrogen) atoms. The van der Waals surface area contributed by atoms with Gasteiger partial charge in [-0.3, -0.25) is 9.59 Å². The minimum atomic E-state index is -0.460. The third-order valence-electron chi connectivity index (χ3n) is 4.15. The summed E-state index contributed by atoms with van der Waals surface area (Å²) < 4.78 is 0. The van der Waals surface area contributed by atoms with E-state index in [1.807, 2.05) is 25.3 Å². The summed E-state index contributed by atoms with van der Waals surface area (Å²) in [5.41, 5.74) is 11.0. The van der Waals surface area contributed by atoms with E-state index in [-0.39, 0.29) is 5.78 Å². The molecule has 3 N–H and O–H groups in total. The van der Waals surface area contributed by atoms with Crippen molar-refractivity contribution in [2.75, 3.05) is 0 Å². The molecule has 0 saturated heterocycles. The number of amides is 1. The van der Waals surface area contributed by atoms with Gasteiger partial charge in [-0.2, -0.15) is 0 Å². The molecule has 128 valence electrons. The zero-order chi connectivity index (χ0) is 18.1. The lowest BCUT2D eigenvalue weighted by molar-refractivity contribution is 0.0996. The van der Waals surface area contributed by atoms with Gasteiger partial charge in [0.05, 0.1) is 11.4 Å². The zero-order valence-corrected chi connectivity index (χ0v) is 15.2. The fourth-order valence-electron chi connectivity index (χ4n) is 3.05. The van der Waals surface area contributed by atoms with Crippen molar-refractivity contribution >= 4 is 23.0 Å². The predicted molar refractivity (Wildman–Crippen MR) is 100.0 cm³/mol. The molecule has 0 aliphatic rings. The summed E-state index contributed by atoms with van der Waals surface area (Å²) in [6.07, 6.45) is 0.749. The quantitative estimate of drug-likeness (QED) is 0.680. The number of thiazole rings is 1. The molecule has 0 unspecified atom stereocenters. The number of aromatic amines is 1. The first-order valence-electron chi connectivity index (χ1n) is 8.00. The van der Waals surface area contributed by atoms with Crippen molar-refractivity contribution in [2.45, 2.75) is 27.2 Å². The van der Waals surface area contributed by atoms with Crippen LogP contribution in [0.2, 0.25) is 0 Å². The fraction of sp³-hybridized carbons (Fsp3) is 0.211. The van der Waals surface area contributed by atoms with Crippen molar-refractivity contribution in [2.24, 2.45) is 5.73 Å². The standard InChI is InChI=1S/C19H19N3O2S/c1-4-14-16(11(3)23)10(2)21-17(14)15-9-25-19(22-15)13-7-5-6-12(8-13)18(20)24/h5-9,21H,4H2,1-3H3,(H2,20,24). The first-order valence-corrected chi connectivity index (χ1v) is 8.88. The molecule has 0 fully saturated rings. The number of primary amides is 1. The Morgan fingerprint density at radius 1 is 1.32 bits per heavy atom. The first-order chi connectivity index (χ1) is 11.9.